The summed E-state index contributed by atoms with van der Waals surface area (Å²) >= 11 is 0. The van der Waals surface area contributed by atoms with Gasteiger partial charge in [0, 0.05) is 31.7 Å². The van der Waals surface area contributed by atoms with Crippen molar-refractivity contribution < 1.29 is 0 Å². The first-order chi connectivity index (χ1) is 16.1. The Kier molecular flexibility index (Phi) is 6.29. The first-order valence-corrected chi connectivity index (χ1v) is 12.4. The van der Waals surface area contributed by atoms with Gasteiger partial charge < -0.3 is 9.88 Å². The number of pyridine rings is 1. The zero-order valence-electron chi connectivity index (χ0n) is 20.0. The number of rotatable bonds is 5. The Balaban J connectivity index is 1.61. The molecule has 8 nitrogen and oxygen atoms in total. The van der Waals surface area contributed by atoms with E-state index in [1.165, 1.54) is 24.8 Å². The minimum atomic E-state index is -0.254. The largest absolute Gasteiger partial charge is 0.321 e. The average Bonchev–Trinajstić information content (AvgIpc) is 3.33. The number of aromatic nitrogens is 5. The Labute approximate surface area is 195 Å². The predicted octanol–water partition coefficient (Wildman–Crippen LogP) is 3.36. The van der Waals surface area contributed by atoms with Crippen LogP contribution in [-0.2, 0) is 0 Å². The Morgan fingerprint density at radius 1 is 1.09 bits per heavy atom. The first-order valence-electron chi connectivity index (χ1n) is 12.4. The number of nitrogens with one attached hydrogen (secondary N) is 1. The summed E-state index contributed by atoms with van der Waals surface area (Å²) in [5, 5.41) is 14.1. The molecule has 0 spiro atoms. The van der Waals surface area contributed by atoms with Crippen LogP contribution in [0.5, 0.6) is 0 Å². The molecule has 1 aliphatic heterocycles. The molecule has 1 aliphatic carbocycles. The standard InChI is InChI=1S/C25H35N7O/c1-4-30-12-14-31(15-13-30)23(24-27-28-29-32(24)20-8-6-5-7-9-20)21-16-19-11-10-17(2)18(3)22(19)26-25(21)33/h10-11,16,20,23H,4-9,12-15H2,1-3H3,(H,26,33)/t23-/m1/s1. The van der Waals surface area contributed by atoms with E-state index in [1.54, 1.807) is 0 Å². The highest BCUT2D eigenvalue weighted by molar-refractivity contribution is 5.83. The maximum atomic E-state index is 13.5. The van der Waals surface area contributed by atoms with Crippen LogP contribution in [0.2, 0.25) is 0 Å². The van der Waals surface area contributed by atoms with Crippen molar-refractivity contribution in [1.29, 1.82) is 0 Å². The first kappa shape index (κ1) is 22.2. The number of likely N-dealkylation sites (N-methyl/N-ethyl adjacent to an activating group) is 1. The van der Waals surface area contributed by atoms with Crippen LogP contribution in [0.25, 0.3) is 10.9 Å². The molecular weight excluding hydrogens is 414 g/mol. The van der Waals surface area contributed by atoms with Crippen LogP contribution in [0.1, 0.15) is 73.6 Å². The highest BCUT2D eigenvalue weighted by Gasteiger charge is 2.34. The van der Waals surface area contributed by atoms with Crippen LogP contribution >= 0.6 is 0 Å². The maximum Gasteiger partial charge on any atom is 0.253 e. The second-order valence-corrected chi connectivity index (χ2v) is 9.67. The molecule has 2 aliphatic rings. The molecule has 8 heteroatoms. The molecule has 1 atom stereocenters. The van der Waals surface area contributed by atoms with Gasteiger partial charge in [-0.05, 0) is 66.2 Å². The minimum absolute atomic E-state index is 0.0442. The van der Waals surface area contributed by atoms with Crippen molar-refractivity contribution in [3.8, 4) is 0 Å². The van der Waals surface area contributed by atoms with Gasteiger partial charge in [0.05, 0.1) is 11.6 Å². The molecular formula is C25H35N7O. The molecule has 1 saturated carbocycles. The molecule has 1 aromatic carbocycles. The minimum Gasteiger partial charge on any atom is -0.321 e. The maximum absolute atomic E-state index is 13.5. The Bertz CT molecular complexity index is 1170. The number of piperazine rings is 1. The van der Waals surface area contributed by atoms with Crippen LogP contribution < -0.4 is 5.56 Å². The lowest BCUT2D eigenvalue weighted by atomic mass is 9.95. The van der Waals surface area contributed by atoms with E-state index < -0.39 is 0 Å². The SMILES string of the molecule is CCN1CCN([C@H](c2cc3ccc(C)c(C)c3[nH]c2=O)c2nnnn2C2CCCCC2)CC1. The summed E-state index contributed by atoms with van der Waals surface area (Å²) in [6.07, 6.45) is 5.89. The van der Waals surface area contributed by atoms with Crippen molar-refractivity contribution in [1.82, 2.24) is 35.0 Å². The van der Waals surface area contributed by atoms with Gasteiger partial charge in [-0.25, -0.2) is 4.68 Å². The van der Waals surface area contributed by atoms with Gasteiger partial charge in [-0.3, -0.25) is 9.69 Å². The lowest BCUT2D eigenvalue weighted by Gasteiger charge is -2.38. The second-order valence-electron chi connectivity index (χ2n) is 9.67. The fourth-order valence-electron chi connectivity index (χ4n) is 5.55. The zero-order valence-corrected chi connectivity index (χ0v) is 20.0. The highest BCUT2D eigenvalue weighted by Crippen LogP contribution is 2.33. The van der Waals surface area contributed by atoms with Gasteiger partial charge in [-0.15, -0.1) is 5.10 Å². The monoisotopic (exact) mass is 449 g/mol. The molecule has 2 aromatic heterocycles. The molecule has 0 bridgehead atoms. The van der Waals surface area contributed by atoms with Gasteiger partial charge in [0.2, 0.25) is 0 Å². The topological polar surface area (TPSA) is 82.9 Å². The molecule has 176 valence electrons. The molecule has 0 radical (unpaired) electrons. The average molecular weight is 450 g/mol. The quantitative estimate of drug-likeness (QED) is 0.643. The summed E-state index contributed by atoms with van der Waals surface area (Å²) in [5.74, 6) is 0.806. The third-order valence-electron chi connectivity index (χ3n) is 7.78. The van der Waals surface area contributed by atoms with Gasteiger partial charge in [0.1, 0.15) is 6.04 Å². The lowest BCUT2D eigenvalue weighted by Crippen LogP contribution is -2.49. The lowest BCUT2D eigenvalue weighted by molar-refractivity contribution is 0.106. The van der Waals surface area contributed by atoms with Gasteiger partial charge in [-0.1, -0.05) is 38.3 Å². The molecule has 0 unspecified atom stereocenters. The number of fused-ring (bicyclic) bond motifs is 1. The number of benzene rings is 1. The molecule has 5 rings (SSSR count). The van der Waals surface area contributed by atoms with E-state index >= 15 is 0 Å². The third-order valence-corrected chi connectivity index (χ3v) is 7.78. The smallest absolute Gasteiger partial charge is 0.253 e. The van der Waals surface area contributed by atoms with Crippen molar-refractivity contribution in [2.45, 2.75) is 65.0 Å². The van der Waals surface area contributed by atoms with E-state index in [9.17, 15) is 4.79 Å². The number of H-pyrrole nitrogens is 1. The van der Waals surface area contributed by atoms with Crippen molar-refractivity contribution in [3.63, 3.8) is 0 Å². The summed E-state index contributed by atoms with van der Waals surface area (Å²) in [5.41, 5.74) is 3.92. The van der Waals surface area contributed by atoms with Gasteiger partial charge in [-0.2, -0.15) is 0 Å². The zero-order chi connectivity index (χ0) is 22.9. The van der Waals surface area contributed by atoms with Crippen molar-refractivity contribution in [2.75, 3.05) is 32.7 Å². The van der Waals surface area contributed by atoms with Gasteiger partial charge >= 0.3 is 0 Å². The van der Waals surface area contributed by atoms with Crippen molar-refractivity contribution >= 4 is 10.9 Å². The van der Waals surface area contributed by atoms with E-state index in [0.717, 1.165) is 73.4 Å². The summed E-state index contributed by atoms with van der Waals surface area (Å²) < 4.78 is 2.03. The molecule has 33 heavy (non-hydrogen) atoms. The fourth-order valence-corrected chi connectivity index (χ4v) is 5.55. The summed E-state index contributed by atoms with van der Waals surface area (Å²) in [7, 11) is 0. The number of nitrogens with zero attached hydrogens (tertiary/aromatic N) is 6. The highest BCUT2D eigenvalue weighted by atomic mass is 16.1. The second kappa shape index (κ2) is 9.35. The van der Waals surface area contributed by atoms with Gasteiger partial charge in [0.25, 0.3) is 5.56 Å². The molecule has 0 amide bonds. The third kappa shape index (κ3) is 4.22. The van der Waals surface area contributed by atoms with Crippen molar-refractivity contribution in [3.05, 3.63) is 51.1 Å². The Hall–Kier alpha value is -2.58. The van der Waals surface area contributed by atoms with E-state index in [2.05, 4.69) is 69.3 Å². The molecule has 1 saturated heterocycles. The van der Waals surface area contributed by atoms with Crippen LogP contribution in [0, 0.1) is 13.8 Å². The summed E-state index contributed by atoms with van der Waals surface area (Å²) in [4.78, 5) is 21.6. The molecule has 3 heterocycles. The Morgan fingerprint density at radius 2 is 1.85 bits per heavy atom. The van der Waals surface area contributed by atoms with E-state index in [-0.39, 0.29) is 11.6 Å². The predicted molar refractivity (Wildman–Crippen MR) is 130 cm³/mol. The molecule has 2 fully saturated rings. The number of aromatic amines is 1. The van der Waals surface area contributed by atoms with Crippen LogP contribution in [-0.4, -0.2) is 67.7 Å². The number of hydrogen-bond donors (Lipinski definition) is 1. The number of tetrazole rings is 1. The van der Waals surface area contributed by atoms with E-state index in [1.807, 2.05) is 4.68 Å². The number of aryl methyl sites for hydroxylation is 2. The van der Waals surface area contributed by atoms with E-state index in [4.69, 9.17) is 0 Å². The fraction of sp³-hybridized carbons (Fsp3) is 0.600. The van der Waals surface area contributed by atoms with Crippen LogP contribution in [0.3, 0.4) is 0 Å². The number of hydrogen-bond acceptors (Lipinski definition) is 6. The van der Waals surface area contributed by atoms with E-state index in [0.29, 0.717) is 6.04 Å². The summed E-state index contributed by atoms with van der Waals surface area (Å²) in [6, 6.07) is 6.36. The Morgan fingerprint density at radius 3 is 2.58 bits per heavy atom. The van der Waals surface area contributed by atoms with Crippen LogP contribution in [0.4, 0.5) is 0 Å². The molecule has 3 aromatic rings. The summed E-state index contributed by atoms with van der Waals surface area (Å²) in [6.45, 7) is 11.2. The van der Waals surface area contributed by atoms with Gasteiger partial charge in [0.15, 0.2) is 5.82 Å². The van der Waals surface area contributed by atoms with Crippen molar-refractivity contribution in [2.24, 2.45) is 0 Å². The normalized spacial score (nSPS) is 19.8. The molecule has 1 N–H and O–H groups in total. The van der Waals surface area contributed by atoms with Crippen LogP contribution in [0.15, 0.2) is 23.0 Å².